The lowest BCUT2D eigenvalue weighted by Gasteiger charge is -2.40. The number of hydrogen-bond acceptors (Lipinski definition) is 2. The zero-order chi connectivity index (χ0) is 13.0. The molecule has 0 heterocycles. The normalized spacial score (nSPS) is 17.2. The van der Waals surface area contributed by atoms with Crippen LogP contribution in [0.5, 0.6) is 0 Å². The minimum atomic E-state index is -0.286. The lowest BCUT2D eigenvalue weighted by atomic mass is 9.68. The van der Waals surface area contributed by atoms with Crippen molar-refractivity contribution in [3.05, 3.63) is 0 Å². The van der Waals surface area contributed by atoms with E-state index in [1.54, 1.807) is 0 Å². The van der Waals surface area contributed by atoms with Gasteiger partial charge >= 0.3 is 0 Å². The molecule has 2 unspecified atom stereocenters. The van der Waals surface area contributed by atoms with E-state index in [0.717, 1.165) is 19.3 Å². The molecule has 0 fully saturated rings. The van der Waals surface area contributed by atoms with Crippen LogP contribution in [0.25, 0.3) is 0 Å². The molecule has 2 N–H and O–H groups in total. The molecular weight excluding hydrogens is 200 g/mol. The van der Waals surface area contributed by atoms with Crippen molar-refractivity contribution < 1.29 is 10.2 Å². The maximum absolute atomic E-state index is 10.4. The van der Waals surface area contributed by atoms with Crippen molar-refractivity contribution in [2.75, 3.05) is 6.61 Å². The molecule has 0 radical (unpaired) electrons. The van der Waals surface area contributed by atoms with Crippen LogP contribution in [0.4, 0.5) is 0 Å². The van der Waals surface area contributed by atoms with Gasteiger partial charge in [0.15, 0.2) is 0 Å². The summed E-state index contributed by atoms with van der Waals surface area (Å²) >= 11 is 0. The number of hydrogen-bond donors (Lipinski definition) is 2. The third-order valence-corrected chi connectivity index (χ3v) is 3.30. The summed E-state index contributed by atoms with van der Waals surface area (Å²) in [5.74, 6) is 0.291. The first kappa shape index (κ1) is 15.9. The van der Waals surface area contributed by atoms with Gasteiger partial charge in [0.2, 0.25) is 0 Å². The first-order chi connectivity index (χ1) is 7.10. The second kappa shape index (κ2) is 6.02. The molecule has 0 aromatic heterocycles. The van der Waals surface area contributed by atoms with E-state index in [9.17, 15) is 5.11 Å². The van der Waals surface area contributed by atoms with Gasteiger partial charge in [0, 0.05) is 6.61 Å². The van der Waals surface area contributed by atoms with Crippen LogP contribution in [0.2, 0.25) is 0 Å². The van der Waals surface area contributed by atoms with E-state index in [-0.39, 0.29) is 23.5 Å². The Morgan fingerprint density at radius 2 is 1.38 bits per heavy atom. The van der Waals surface area contributed by atoms with Gasteiger partial charge in [-0.2, -0.15) is 0 Å². The Labute approximate surface area is 101 Å². The predicted molar refractivity (Wildman–Crippen MR) is 69.3 cm³/mol. The second-order valence-corrected chi connectivity index (χ2v) is 7.00. The van der Waals surface area contributed by atoms with Gasteiger partial charge in [-0.25, -0.2) is 0 Å². The highest BCUT2D eigenvalue weighted by atomic mass is 16.3. The molecule has 0 aliphatic rings. The number of rotatable bonds is 5. The molecule has 0 aliphatic heterocycles. The SMILES string of the molecule is CC(C)(C)C(O)C(CCCCO)C(C)(C)C. The Bertz CT molecular complexity index is 186. The Kier molecular flexibility index (Phi) is 5.99. The van der Waals surface area contributed by atoms with Crippen LogP contribution in [0.3, 0.4) is 0 Å². The quantitative estimate of drug-likeness (QED) is 0.712. The molecule has 2 nitrogen and oxygen atoms in total. The van der Waals surface area contributed by atoms with Crippen molar-refractivity contribution >= 4 is 0 Å². The fourth-order valence-corrected chi connectivity index (χ4v) is 2.14. The molecular formula is C14H30O2. The van der Waals surface area contributed by atoms with Crippen LogP contribution in [-0.2, 0) is 0 Å². The third-order valence-electron chi connectivity index (χ3n) is 3.30. The van der Waals surface area contributed by atoms with Crippen molar-refractivity contribution in [2.45, 2.75) is 66.9 Å². The molecule has 98 valence electrons. The molecule has 0 aromatic rings. The molecule has 0 spiro atoms. The van der Waals surface area contributed by atoms with E-state index in [0.29, 0.717) is 5.92 Å². The molecule has 0 saturated carbocycles. The molecule has 0 aliphatic carbocycles. The average molecular weight is 230 g/mol. The van der Waals surface area contributed by atoms with Crippen molar-refractivity contribution in [3.8, 4) is 0 Å². The van der Waals surface area contributed by atoms with Crippen molar-refractivity contribution in [2.24, 2.45) is 16.7 Å². The minimum absolute atomic E-state index is 0.0723. The van der Waals surface area contributed by atoms with E-state index >= 15 is 0 Å². The van der Waals surface area contributed by atoms with E-state index in [2.05, 4.69) is 41.5 Å². The van der Waals surface area contributed by atoms with Crippen LogP contribution >= 0.6 is 0 Å². The van der Waals surface area contributed by atoms with Crippen LogP contribution in [0.1, 0.15) is 60.8 Å². The smallest absolute Gasteiger partial charge is 0.0621 e. The lowest BCUT2D eigenvalue weighted by molar-refractivity contribution is -0.0357. The molecule has 2 atom stereocenters. The molecule has 0 aromatic carbocycles. The standard InChI is InChI=1S/C14H30O2/c1-13(2,3)11(9-7-8-10-15)12(16)14(4,5)6/h11-12,15-16H,7-10H2,1-6H3. The summed E-state index contributed by atoms with van der Waals surface area (Å²) in [6.45, 7) is 13.1. The summed E-state index contributed by atoms with van der Waals surface area (Å²) in [5.41, 5.74) is 0.0410. The Morgan fingerprint density at radius 1 is 0.875 bits per heavy atom. The summed E-state index contributed by atoms with van der Waals surface area (Å²) in [5, 5.41) is 19.2. The van der Waals surface area contributed by atoms with Crippen molar-refractivity contribution in [1.29, 1.82) is 0 Å². The van der Waals surface area contributed by atoms with Gasteiger partial charge < -0.3 is 10.2 Å². The molecule has 0 rings (SSSR count). The number of aliphatic hydroxyl groups excluding tert-OH is 2. The Hall–Kier alpha value is -0.0800. The average Bonchev–Trinajstić information content (AvgIpc) is 2.08. The largest absolute Gasteiger partial charge is 0.396 e. The monoisotopic (exact) mass is 230 g/mol. The summed E-state index contributed by atoms with van der Waals surface area (Å²) in [6.07, 6.45) is 2.53. The molecule has 0 saturated heterocycles. The van der Waals surface area contributed by atoms with Gasteiger partial charge in [-0.15, -0.1) is 0 Å². The van der Waals surface area contributed by atoms with E-state index in [1.807, 2.05) is 0 Å². The predicted octanol–water partition coefficient (Wildman–Crippen LogP) is 3.22. The molecule has 0 amide bonds. The van der Waals surface area contributed by atoms with Gasteiger partial charge in [0.1, 0.15) is 0 Å². The number of aliphatic hydroxyl groups is 2. The Morgan fingerprint density at radius 3 is 1.69 bits per heavy atom. The van der Waals surface area contributed by atoms with Crippen molar-refractivity contribution in [3.63, 3.8) is 0 Å². The fourth-order valence-electron chi connectivity index (χ4n) is 2.14. The summed E-state index contributed by atoms with van der Waals surface area (Å²) < 4.78 is 0. The van der Waals surface area contributed by atoms with E-state index < -0.39 is 0 Å². The topological polar surface area (TPSA) is 40.5 Å². The summed E-state index contributed by atoms with van der Waals surface area (Å²) in [6, 6.07) is 0. The van der Waals surface area contributed by atoms with Crippen LogP contribution in [-0.4, -0.2) is 22.9 Å². The van der Waals surface area contributed by atoms with E-state index in [1.165, 1.54) is 0 Å². The lowest BCUT2D eigenvalue weighted by Crippen LogP contribution is -2.40. The zero-order valence-corrected chi connectivity index (χ0v) is 11.9. The van der Waals surface area contributed by atoms with Gasteiger partial charge in [-0.3, -0.25) is 0 Å². The third kappa shape index (κ3) is 5.31. The molecule has 2 heteroatoms. The maximum Gasteiger partial charge on any atom is 0.0621 e. The first-order valence-corrected chi connectivity index (χ1v) is 6.39. The van der Waals surface area contributed by atoms with Gasteiger partial charge in [-0.05, 0) is 29.6 Å². The van der Waals surface area contributed by atoms with Gasteiger partial charge in [0.25, 0.3) is 0 Å². The highest BCUT2D eigenvalue weighted by molar-refractivity contribution is 4.86. The number of unbranched alkanes of at least 4 members (excludes halogenated alkanes) is 1. The molecule has 16 heavy (non-hydrogen) atoms. The van der Waals surface area contributed by atoms with Gasteiger partial charge in [0.05, 0.1) is 6.10 Å². The minimum Gasteiger partial charge on any atom is -0.396 e. The second-order valence-electron chi connectivity index (χ2n) is 7.00. The van der Waals surface area contributed by atoms with E-state index in [4.69, 9.17) is 5.11 Å². The first-order valence-electron chi connectivity index (χ1n) is 6.39. The Balaban J connectivity index is 4.56. The maximum atomic E-state index is 10.4. The summed E-state index contributed by atoms with van der Waals surface area (Å²) in [7, 11) is 0. The molecule has 0 bridgehead atoms. The van der Waals surface area contributed by atoms with Crippen LogP contribution < -0.4 is 0 Å². The van der Waals surface area contributed by atoms with Crippen molar-refractivity contribution in [1.82, 2.24) is 0 Å². The van der Waals surface area contributed by atoms with Crippen LogP contribution in [0, 0.1) is 16.7 Å². The zero-order valence-electron chi connectivity index (χ0n) is 11.9. The highest BCUT2D eigenvalue weighted by Crippen LogP contribution is 2.39. The summed E-state index contributed by atoms with van der Waals surface area (Å²) in [4.78, 5) is 0. The fraction of sp³-hybridized carbons (Fsp3) is 1.00. The van der Waals surface area contributed by atoms with Gasteiger partial charge in [-0.1, -0.05) is 48.0 Å². The highest BCUT2D eigenvalue weighted by Gasteiger charge is 2.36. The van der Waals surface area contributed by atoms with Crippen LogP contribution in [0.15, 0.2) is 0 Å².